The van der Waals surface area contributed by atoms with Gasteiger partial charge in [0, 0.05) is 24.2 Å². The highest BCUT2D eigenvalue weighted by Crippen LogP contribution is 2.23. The summed E-state index contributed by atoms with van der Waals surface area (Å²) in [7, 11) is 1.38. The summed E-state index contributed by atoms with van der Waals surface area (Å²) in [5, 5.41) is 0. The third kappa shape index (κ3) is 3.28. The van der Waals surface area contributed by atoms with Crippen molar-refractivity contribution in [3.8, 4) is 11.3 Å². The van der Waals surface area contributed by atoms with Crippen LogP contribution in [-0.4, -0.2) is 37.0 Å². The number of amides is 1. The monoisotopic (exact) mass is 313 g/mol. The second-order valence-corrected chi connectivity index (χ2v) is 5.67. The van der Waals surface area contributed by atoms with E-state index in [9.17, 15) is 9.59 Å². The first-order valence-corrected chi connectivity index (χ1v) is 7.70. The van der Waals surface area contributed by atoms with E-state index in [1.165, 1.54) is 7.11 Å². The molecule has 1 unspecified atom stereocenters. The molecular weight excluding hydrogens is 294 g/mol. The summed E-state index contributed by atoms with van der Waals surface area (Å²) in [5.74, 6) is 0.190. The molecule has 0 spiro atoms. The number of nitrogens with zero attached hydrogens (tertiary/aromatic N) is 1. The van der Waals surface area contributed by atoms with Gasteiger partial charge in [0.2, 0.25) is 0 Å². The quantitative estimate of drug-likeness (QED) is 0.817. The van der Waals surface area contributed by atoms with E-state index in [0.717, 1.165) is 24.2 Å². The Labute approximate surface area is 134 Å². The van der Waals surface area contributed by atoms with E-state index < -0.39 is 0 Å². The number of ether oxygens (including phenoxy) is 1. The van der Waals surface area contributed by atoms with E-state index in [4.69, 9.17) is 9.15 Å². The molecule has 2 aromatic rings. The number of hydrogen-bond acceptors (Lipinski definition) is 4. The molecular formula is C18H19NO4. The van der Waals surface area contributed by atoms with E-state index >= 15 is 0 Å². The molecule has 3 rings (SSSR count). The number of likely N-dealkylation sites (tertiary alicyclic amines) is 1. The van der Waals surface area contributed by atoms with Gasteiger partial charge in [0.05, 0.1) is 19.3 Å². The molecule has 1 saturated heterocycles. The maximum Gasteiger partial charge on any atom is 0.310 e. The van der Waals surface area contributed by atoms with Crippen LogP contribution in [0.4, 0.5) is 0 Å². The predicted octanol–water partition coefficient (Wildman–Crippen LogP) is 2.97. The van der Waals surface area contributed by atoms with Crippen LogP contribution in [0.1, 0.15) is 23.2 Å². The van der Waals surface area contributed by atoms with Gasteiger partial charge in [0.15, 0.2) is 0 Å². The number of methoxy groups -OCH3 is 1. The van der Waals surface area contributed by atoms with Gasteiger partial charge in [0.25, 0.3) is 5.91 Å². The first-order valence-electron chi connectivity index (χ1n) is 7.70. The van der Waals surface area contributed by atoms with Crippen molar-refractivity contribution in [2.24, 2.45) is 5.92 Å². The van der Waals surface area contributed by atoms with Gasteiger partial charge in [-0.1, -0.05) is 12.1 Å². The largest absolute Gasteiger partial charge is 0.469 e. The molecule has 0 N–H and O–H groups in total. The Morgan fingerprint density at radius 3 is 2.87 bits per heavy atom. The van der Waals surface area contributed by atoms with Crippen LogP contribution in [-0.2, 0) is 9.53 Å². The minimum atomic E-state index is -0.244. The first kappa shape index (κ1) is 15.3. The number of carbonyl (C=O) groups is 2. The van der Waals surface area contributed by atoms with Crippen LogP contribution < -0.4 is 0 Å². The molecule has 0 aliphatic carbocycles. The van der Waals surface area contributed by atoms with Gasteiger partial charge in [-0.25, -0.2) is 0 Å². The topological polar surface area (TPSA) is 59.8 Å². The Kier molecular flexibility index (Phi) is 4.46. The lowest BCUT2D eigenvalue weighted by Gasteiger charge is -2.31. The van der Waals surface area contributed by atoms with Gasteiger partial charge in [-0.2, -0.15) is 0 Å². The molecule has 0 bridgehead atoms. The fraction of sp³-hybridized carbons (Fsp3) is 0.333. The highest BCUT2D eigenvalue weighted by Gasteiger charge is 2.29. The van der Waals surface area contributed by atoms with Crippen molar-refractivity contribution >= 4 is 11.9 Å². The van der Waals surface area contributed by atoms with Crippen molar-refractivity contribution in [3.63, 3.8) is 0 Å². The van der Waals surface area contributed by atoms with Crippen molar-refractivity contribution in [2.75, 3.05) is 20.2 Å². The highest BCUT2D eigenvalue weighted by atomic mass is 16.5. The third-order valence-electron chi connectivity index (χ3n) is 4.16. The zero-order valence-corrected chi connectivity index (χ0v) is 13.0. The summed E-state index contributed by atoms with van der Waals surface area (Å²) in [5.41, 5.74) is 1.46. The van der Waals surface area contributed by atoms with Crippen molar-refractivity contribution in [3.05, 3.63) is 48.2 Å². The van der Waals surface area contributed by atoms with Crippen LogP contribution in [0.5, 0.6) is 0 Å². The number of rotatable bonds is 3. The number of furan rings is 1. The fourth-order valence-electron chi connectivity index (χ4n) is 2.95. The number of carbonyl (C=O) groups excluding carboxylic acids is 2. The molecule has 1 fully saturated rings. The molecule has 0 saturated carbocycles. The van der Waals surface area contributed by atoms with E-state index in [2.05, 4.69) is 0 Å². The second kappa shape index (κ2) is 6.69. The number of piperidine rings is 1. The molecule has 1 aromatic heterocycles. The van der Waals surface area contributed by atoms with E-state index in [1.807, 2.05) is 30.3 Å². The maximum absolute atomic E-state index is 12.7. The molecule has 1 atom stereocenters. The molecule has 1 amide bonds. The summed E-state index contributed by atoms with van der Waals surface area (Å²) in [4.78, 5) is 26.2. The molecule has 1 aliphatic rings. The van der Waals surface area contributed by atoms with Crippen LogP contribution in [0.2, 0.25) is 0 Å². The number of hydrogen-bond donors (Lipinski definition) is 0. The summed E-state index contributed by atoms with van der Waals surface area (Å²) >= 11 is 0. The molecule has 5 nitrogen and oxygen atoms in total. The van der Waals surface area contributed by atoms with Gasteiger partial charge in [-0.15, -0.1) is 0 Å². The van der Waals surface area contributed by atoms with Gasteiger partial charge in [-0.05, 0) is 37.1 Å². The minimum Gasteiger partial charge on any atom is -0.469 e. The molecule has 0 radical (unpaired) electrons. The Hall–Kier alpha value is -2.56. The Morgan fingerprint density at radius 1 is 1.26 bits per heavy atom. The van der Waals surface area contributed by atoms with E-state index in [-0.39, 0.29) is 17.8 Å². The van der Waals surface area contributed by atoms with Crippen LogP contribution in [0.3, 0.4) is 0 Å². The third-order valence-corrected chi connectivity index (χ3v) is 4.16. The normalized spacial score (nSPS) is 17.8. The van der Waals surface area contributed by atoms with E-state index in [0.29, 0.717) is 18.7 Å². The summed E-state index contributed by atoms with van der Waals surface area (Å²) < 4.78 is 10.2. The van der Waals surface area contributed by atoms with Gasteiger partial charge in [-0.3, -0.25) is 9.59 Å². The molecule has 5 heteroatoms. The van der Waals surface area contributed by atoms with Crippen molar-refractivity contribution in [2.45, 2.75) is 12.8 Å². The summed E-state index contributed by atoms with van der Waals surface area (Å²) in [6.07, 6.45) is 3.18. The number of benzene rings is 1. The molecule has 120 valence electrons. The average molecular weight is 313 g/mol. The zero-order chi connectivity index (χ0) is 16.2. The van der Waals surface area contributed by atoms with Crippen LogP contribution in [0.25, 0.3) is 11.3 Å². The van der Waals surface area contributed by atoms with Crippen molar-refractivity contribution in [1.82, 2.24) is 4.90 Å². The average Bonchev–Trinajstić information content (AvgIpc) is 3.15. The summed E-state index contributed by atoms with van der Waals surface area (Å²) in [6.45, 7) is 1.08. The van der Waals surface area contributed by atoms with E-state index in [1.54, 1.807) is 17.2 Å². The SMILES string of the molecule is COC(=O)C1CCCN(C(=O)c2cccc(-c3ccco3)c2)C1. The highest BCUT2D eigenvalue weighted by molar-refractivity contribution is 5.95. The van der Waals surface area contributed by atoms with Crippen LogP contribution in [0.15, 0.2) is 47.1 Å². The van der Waals surface area contributed by atoms with Gasteiger partial charge in [0.1, 0.15) is 5.76 Å². The van der Waals surface area contributed by atoms with Gasteiger partial charge >= 0.3 is 5.97 Å². The molecule has 2 heterocycles. The molecule has 1 aromatic carbocycles. The molecule has 1 aliphatic heterocycles. The Balaban J connectivity index is 1.77. The van der Waals surface area contributed by atoms with Crippen molar-refractivity contribution < 1.29 is 18.7 Å². The standard InChI is InChI=1S/C18H19NO4/c1-22-18(21)15-7-3-9-19(12-15)17(20)14-6-2-5-13(11-14)16-8-4-10-23-16/h2,4-6,8,10-11,15H,3,7,9,12H2,1H3. The second-order valence-electron chi connectivity index (χ2n) is 5.67. The first-order chi connectivity index (χ1) is 11.2. The lowest BCUT2D eigenvalue weighted by Crippen LogP contribution is -2.42. The Bertz CT molecular complexity index is 693. The van der Waals surface area contributed by atoms with Crippen LogP contribution >= 0.6 is 0 Å². The fourth-order valence-corrected chi connectivity index (χ4v) is 2.95. The van der Waals surface area contributed by atoms with Gasteiger partial charge < -0.3 is 14.1 Å². The predicted molar refractivity (Wildman–Crippen MR) is 84.8 cm³/mol. The number of esters is 1. The smallest absolute Gasteiger partial charge is 0.310 e. The van der Waals surface area contributed by atoms with Crippen molar-refractivity contribution in [1.29, 1.82) is 0 Å². The Morgan fingerprint density at radius 2 is 2.13 bits per heavy atom. The summed E-state index contributed by atoms with van der Waals surface area (Å²) in [6, 6.07) is 11.0. The zero-order valence-electron chi connectivity index (χ0n) is 13.0. The molecule has 23 heavy (non-hydrogen) atoms. The lowest BCUT2D eigenvalue weighted by molar-refractivity contribution is -0.146. The maximum atomic E-state index is 12.7. The lowest BCUT2D eigenvalue weighted by atomic mass is 9.97. The minimum absolute atomic E-state index is 0.0630. The van der Waals surface area contributed by atoms with Crippen LogP contribution in [0, 0.1) is 5.92 Å².